The molecule has 11 unspecified atom stereocenters. The number of aliphatic hydroxyl groups excluding tert-OH is 1. The molecule has 4 aliphatic carbocycles. The Morgan fingerprint density at radius 1 is 1.20 bits per heavy atom. The Morgan fingerprint density at radius 3 is 2.43 bits per heavy atom. The van der Waals surface area contributed by atoms with Crippen molar-refractivity contribution in [3.63, 3.8) is 0 Å². The maximum absolute atomic E-state index is 13.2. The van der Waals surface area contributed by atoms with Crippen LogP contribution in [0.25, 0.3) is 0 Å². The van der Waals surface area contributed by atoms with Crippen LogP contribution >= 0.6 is 0 Å². The van der Waals surface area contributed by atoms with Crippen LogP contribution in [0.3, 0.4) is 0 Å². The molecule has 2 saturated heterocycles. The molecule has 2 aliphatic heterocycles. The molecule has 0 radical (unpaired) electrons. The predicted molar refractivity (Wildman–Crippen MR) is 119 cm³/mol. The zero-order valence-corrected chi connectivity index (χ0v) is 20.3. The lowest BCUT2D eigenvalue weighted by atomic mass is 9.52. The van der Waals surface area contributed by atoms with Gasteiger partial charge in [0, 0.05) is 24.0 Å². The smallest absolute Gasteiger partial charge is 0.355 e. The van der Waals surface area contributed by atoms with Gasteiger partial charge in [0.05, 0.1) is 11.5 Å². The Bertz CT molecular complexity index is 1170. The Kier molecular flexibility index (Phi) is 3.95. The SMILES string of the molecule is CC1C=CC2(O)C3(C)CC4(O)OC2(C1O)C1(O)C3(O)C(OC(=O)c2ccc[nH]2)C(O)(C(C)C)C41C. The minimum Gasteiger partial charge on any atom is -0.451 e. The van der Waals surface area contributed by atoms with E-state index in [1.54, 1.807) is 32.9 Å². The second kappa shape index (κ2) is 5.85. The second-order valence-corrected chi connectivity index (χ2v) is 12.0. The average Bonchev–Trinajstić information content (AvgIpc) is 3.41. The lowest BCUT2D eigenvalue weighted by Crippen LogP contribution is -2.74. The maximum atomic E-state index is 13.2. The number of aliphatic hydroxyl groups is 6. The molecule has 1 spiro atoms. The third-order valence-corrected chi connectivity index (χ3v) is 10.8. The summed E-state index contributed by atoms with van der Waals surface area (Å²) in [6.45, 7) is 7.72. The number of rotatable bonds is 3. The topological polar surface area (TPSA) is 173 Å². The summed E-state index contributed by atoms with van der Waals surface area (Å²) in [5, 5.41) is 73.7. The fourth-order valence-corrected chi connectivity index (χ4v) is 9.09. The number of aromatic amines is 1. The van der Waals surface area contributed by atoms with Crippen LogP contribution in [0.5, 0.6) is 0 Å². The van der Waals surface area contributed by atoms with Crippen molar-refractivity contribution in [2.24, 2.45) is 22.7 Å². The van der Waals surface area contributed by atoms with Gasteiger partial charge in [-0.15, -0.1) is 0 Å². The molecule has 11 atom stereocenters. The molecular weight excluding hydrogens is 458 g/mol. The highest BCUT2D eigenvalue weighted by Crippen LogP contribution is 2.90. The summed E-state index contributed by atoms with van der Waals surface area (Å²) in [5.41, 5.74) is -15.8. The van der Waals surface area contributed by atoms with Crippen molar-refractivity contribution < 1.29 is 44.9 Å². The van der Waals surface area contributed by atoms with E-state index in [1.165, 1.54) is 32.2 Å². The van der Waals surface area contributed by atoms with Gasteiger partial charge in [-0.05, 0) is 25.0 Å². The van der Waals surface area contributed by atoms with Gasteiger partial charge in [0.2, 0.25) is 0 Å². The number of hydrogen-bond acceptors (Lipinski definition) is 9. The summed E-state index contributed by atoms with van der Waals surface area (Å²) in [6, 6.07) is 3.04. The molecule has 6 aliphatic rings. The van der Waals surface area contributed by atoms with Crippen molar-refractivity contribution in [1.82, 2.24) is 4.98 Å². The van der Waals surface area contributed by atoms with Gasteiger partial charge in [0.1, 0.15) is 28.1 Å². The molecule has 35 heavy (non-hydrogen) atoms. The molecule has 10 heteroatoms. The Labute approximate surface area is 202 Å². The van der Waals surface area contributed by atoms with Crippen LogP contribution in [0, 0.1) is 22.7 Å². The maximum Gasteiger partial charge on any atom is 0.355 e. The summed E-state index contributed by atoms with van der Waals surface area (Å²) in [5.74, 6) is -4.59. The zero-order valence-electron chi connectivity index (χ0n) is 20.3. The minimum atomic E-state index is -2.64. The number of hydrogen-bond donors (Lipinski definition) is 7. The van der Waals surface area contributed by atoms with Crippen LogP contribution in [0.4, 0.5) is 0 Å². The lowest BCUT2D eigenvalue weighted by molar-refractivity contribution is -0.374. The molecule has 5 fully saturated rings. The van der Waals surface area contributed by atoms with Crippen LogP contribution < -0.4 is 0 Å². The van der Waals surface area contributed by atoms with Crippen molar-refractivity contribution in [2.45, 2.75) is 87.0 Å². The molecular formula is C25H33NO9. The highest BCUT2D eigenvalue weighted by molar-refractivity contribution is 5.87. The summed E-state index contributed by atoms with van der Waals surface area (Å²) in [7, 11) is 0. The molecule has 3 heterocycles. The first-order valence-corrected chi connectivity index (χ1v) is 12.1. The zero-order chi connectivity index (χ0) is 25.8. The first kappa shape index (κ1) is 23.6. The van der Waals surface area contributed by atoms with Crippen LogP contribution in [0.2, 0.25) is 0 Å². The number of aromatic nitrogens is 1. The van der Waals surface area contributed by atoms with Gasteiger partial charge in [-0.3, -0.25) is 0 Å². The third-order valence-electron chi connectivity index (χ3n) is 10.8. The molecule has 1 aromatic rings. The first-order valence-electron chi connectivity index (χ1n) is 12.1. The van der Waals surface area contributed by atoms with Crippen LogP contribution in [0.15, 0.2) is 30.5 Å². The quantitative estimate of drug-likeness (QED) is 0.219. The summed E-state index contributed by atoms with van der Waals surface area (Å²) < 4.78 is 12.0. The monoisotopic (exact) mass is 491 g/mol. The Hall–Kier alpha value is -1.79. The molecule has 1 aromatic heterocycles. The van der Waals surface area contributed by atoms with Gasteiger partial charge in [-0.1, -0.05) is 39.8 Å². The van der Waals surface area contributed by atoms with E-state index in [1.807, 2.05) is 0 Å². The van der Waals surface area contributed by atoms with Crippen LogP contribution in [-0.2, 0) is 9.47 Å². The Balaban J connectivity index is 1.70. The van der Waals surface area contributed by atoms with E-state index in [9.17, 15) is 35.4 Å². The van der Waals surface area contributed by atoms with Crippen molar-refractivity contribution in [2.75, 3.05) is 0 Å². The Morgan fingerprint density at radius 2 is 1.86 bits per heavy atom. The largest absolute Gasteiger partial charge is 0.451 e. The second-order valence-electron chi connectivity index (χ2n) is 12.0. The number of H-pyrrole nitrogens is 1. The van der Waals surface area contributed by atoms with E-state index < -0.39 is 81.1 Å². The highest BCUT2D eigenvalue weighted by Gasteiger charge is 3.10. The standard InChI is InChI=1S/C25H33NO9/c1-12(2)22(31)17(34-16(28)14-7-6-10-26-14)23(32)18(4)11-21(30)19(22,5)25(23,33)24(35-21)15(27)13(3)8-9-20(18,24)29/h6-10,12-13,15,17,26-27,29-33H,11H2,1-5H3. The molecule has 192 valence electrons. The molecule has 3 saturated carbocycles. The molecule has 0 aromatic carbocycles. The number of carbonyl (C=O) groups excluding carboxylic acids is 1. The number of nitrogens with one attached hydrogen (secondary N) is 1. The first-order chi connectivity index (χ1) is 16.0. The predicted octanol–water partition coefficient (Wildman–Crippen LogP) is -0.412. The van der Waals surface area contributed by atoms with Crippen molar-refractivity contribution >= 4 is 5.97 Å². The van der Waals surface area contributed by atoms with E-state index in [0.29, 0.717) is 0 Å². The van der Waals surface area contributed by atoms with Crippen molar-refractivity contribution in [3.05, 3.63) is 36.2 Å². The fourth-order valence-electron chi connectivity index (χ4n) is 9.09. The molecule has 7 N–H and O–H groups in total. The lowest BCUT2D eigenvalue weighted by Gasteiger charge is -2.59. The fraction of sp³-hybridized carbons (Fsp3) is 0.720. The average molecular weight is 492 g/mol. The van der Waals surface area contributed by atoms with Crippen LogP contribution in [0.1, 0.15) is 51.5 Å². The van der Waals surface area contributed by atoms with Gasteiger partial charge in [0.15, 0.2) is 17.5 Å². The highest BCUT2D eigenvalue weighted by atomic mass is 16.7. The van der Waals surface area contributed by atoms with Gasteiger partial charge < -0.3 is 45.1 Å². The van der Waals surface area contributed by atoms with Gasteiger partial charge >= 0.3 is 5.97 Å². The van der Waals surface area contributed by atoms with Gasteiger partial charge in [0.25, 0.3) is 0 Å². The molecule has 10 nitrogen and oxygen atoms in total. The van der Waals surface area contributed by atoms with Crippen molar-refractivity contribution in [3.8, 4) is 0 Å². The van der Waals surface area contributed by atoms with E-state index in [2.05, 4.69) is 4.98 Å². The van der Waals surface area contributed by atoms with Crippen molar-refractivity contribution in [1.29, 1.82) is 0 Å². The third kappa shape index (κ3) is 1.71. The van der Waals surface area contributed by atoms with Gasteiger partial charge in [-0.2, -0.15) is 0 Å². The summed E-state index contributed by atoms with van der Waals surface area (Å²) >= 11 is 0. The van der Waals surface area contributed by atoms with E-state index in [4.69, 9.17) is 9.47 Å². The van der Waals surface area contributed by atoms with E-state index >= 15 is 0 Å². The molecule has 6 bridgehead atoms. The van der Waals surface area contributed by atoms with E-state index in [-0.39, 0.29) is 5.69 Å². The number of ether oxygens (including phenoxy) is 2. The summed E-state index contributed by atoms with van der Waals surface area (Å²) in [6.07, 6.45) is 0.703. The number of carbonyl (C=O) groups is 1. The van der Waals surface area contributed by atoms with Gasteiger partial charge in [-0.25, -0.2) is 4.79 Å². The van der Waals surface area contributed by atoms with E-state index in [0.717, 1.165) is 0 Å². The minimum absolute atomic E-state index is 0.0544. The van der Waals surface area contributed by atoms with Crippen LogP contribution in [-0.4, -0.2) is 87.6 Å². The molecule has 7 rings (SSSR count). The number of esters is 1. The summed E-state index contributed by atoms with van der Waals surface area (Å²) in [4.78, 5) is 15.9. The normalized spacial score (nSPS) is 59.4. The molecule has 0 amide bonds.